The summed E-state index contributed by atoms with van der Waals surface area (Å²) >= 11 is 5.83. The van der Waals surface area contributed by atoms with Gasteiger partial charge in [-0.05, 0) is 49.4 Å². The Labute approximate surface area is 266 Å². The van der Waals surface area contributed by atoms with Crippen LogP contribution in [0.2, 0.25) is 5.02 Å². The van der Waals surface area contributed by atoms with Crippen molar-refractivity contribution in [2.75, 3.05) is 71.5 Å². The van der Waals surface area contributed by atoms with Gasteiger partial charge in [0.05, 0.1) is 36.0 Å². The van der Waals surface area contributed by atoms with Gasteiger partial charge in [-0.25, -0.2) is 10.1 Å². The molecule has 0 bridgehead atoms. The van der Waals surface area contributed by atoms with Gasteiger partial charge in [0, 0.05) is 45.6 Å². The minimum atomic E-state index is -4.53. The van der Waals surface area contributed by atoms with Crippen molar-refractivity contribution in [3.05, 3.63) is 52.2 Å². The van der Waals surface area contributed by atoms with E-state index in [2.05, 4.69) is 40.2 Å². The lowest BCUT2D eigenvalue weighted by Gasteiger charge is -2.38. The van der Waals surface area contributed by atoms with Crippen molar-refractivity contribution in [3.63, 3.8) is 0 Å². The number of amides is 2. The number of aliphatic imine (C=N–C) groups is 1. The zero-order chi connectivity index (χ0) is 33.8. The lowest BCUT2D eigenvalue weighted by Crippen LogP contribution is -2.55. The third kappa shape index (κ3) is 14.7. The average molecular weight is 660 g/mol. The molecule has 0 radical (unpaired) electrons. The summed E-state index contributed by atoms with van der Waals surface area (Å²) in [5.74, 6) is -0.935. The highest BCUT2D eigenvalue weighted by Gasteiger charge is 2.31. The standard InChI is InChI=1S/C16H19ClF3N5O3.C7H11NO.C6H11NO/c1-21-25(24-6-4-23(5-7-24)15(28)10-26)9-14(27)22-13-3-2-11(8-12(13)17)16(18,19)20;1-8-6-7-2-4-9-5-3-7;1-3-6(7-2)4-5-8/h2-3,8,26H,1,4-7,9-10H2,(H,22,27);2H,1,3-6H2;4-5,7H,3H2,1-2H3/b;;6-4-. The summed E-state index contributed by atoms with van der Waals surface area (Å²) in [6.45, 7) is 11.8. The number of hydrazone groups is 1. The average Bonchev–Trinajstić information content (AvgIpc) is 3.04. The molecule has 0 unspecified atom stereocenters. The summed E-state index contributed by atoms with van der Waals surface area (Å²) in [5.41, 5.74) is 1.46. The second-order valence-corrected chi connectivity index (χ2v) is 9.81. The van der Waals surface area contributed by atoms with Crippen LogP contribution in [-0.2, 0) is 25.3 Å². The first kappa shape index (κ1) is 39.2. The molecule has 1 fully saturated rings. The van der Waals surface area contributed by atoms with Crippen LogP contribution >= 0.6 is 11.6 Å². The van der Waals surface area contributed by atoms with Crippen LogP contribution in [0.4, 0.5) is 18.9 Å². The third-order valence-electron chi connectivity index (χ3n) is 6.43. The zero-order valence-corrected chi connectivity index (χ0v) is 26.2. The molecule has 1 aromatic carbocycles. The number of aliphatic hydroxyl groups is 1. The molecule has 2 heterocycles. The van der Waals surface area contributed by atoms with Gasteiger partial charge in [-0.2, -0.15) is 18.3 Å². The number of hydrogen-bond acceptors (Lipinski definition) is 10. The van der Waals surface area contributed by atoms with Gasteiger partial charge in [0.25, 0.3) is 0 Å². The third-order valence-corrected chi connectivity index (χ3v) is 6.75. The summed E-state index contributed by atoms with van der Waals surface area (Å²) in [6.07, 6.45) is 1.77. The number of carbonyl (C=O) groups is 3. The van der Waals surface area contributed by atoms with Crippen LogP contribution < -0.4 is 10.6 Å². The molecule has 2 amide bonds. The predicted molar refractivity (Wildman–Crippen MR) is 168 cm³/mol. The van der Waals surface area contributed by atoms with Crippen LogP contribution in [0.3, 0.4) is 0 Å². The van der Waals surface area contributed by atoms with E-state index in [0.717, 1.165) is 62.8 Å². The predicted octanol–water partition coefficient (Wildman–Crippen LogP) is 3.00. The molecule has 1 aromatic rings. The fourth-order valence-corrected chi connectivity index (χ4v) is 4.17. The van der Waals surface area contributed by atoms with Crippen LogP contribution in [0.25, 0.3) is 0 Å². The lowest BCUT2D eigenvalue weighted by atomic mass is 10.1. The first-order chi connectivity index (χ1) is 21.4. The second-order valence-electron chi connectivity index (χ2n) is 9.41. The molecule has 16 heteroatoms. The number of aliphatic hydroxyl groups excluding tert-OH is 1. The van der Waals surface area contributed by atoms with Crippen molar-refractivity contribution in [1.29, 1.82) is 0 Å². The summed E-state index contributed by atoms with van der Waals surface area (Å²) < 4.78 is 43.1. The van der Waals surface area contributed by atoms with E-state index < -0.39 is 24.3 Å². The van der Waals surface area contributed by atoms with Gasteiger partial charge < -0.3 is 25.4 Å². The van der Waals surface area contributed by atoms with Crippen molar-refractivity contribution < 1.29 is 37.4 Å². The number of aldehydes is 1. The molecule has 0 atom stereocenters. The molecule has 2 aliphatic heterocycles. The summed E-state index contributed by atoms with van der Waals surface area (Å²) in [5, 5.41) is 20.7. The number of hydrogen-bond donors (Lipinski definition) is 3. The van der Waals surface area contributed by atoms with Gasteiger partial charge in [0.1, 0.15) is 19.4 Å². The van der Waals surface area contributed by atoms with Crippen LogP contribution in [0.15, 0.2) is 51.7 Å². The van der Waals surface area contributed by atoms with E-state index in [1.807, 2.05) is 6.92 Å². The van der Waals surface area contributed by atoms with Crippen molar-refractivity contribution >= 4 is 48.8 Å². The number of rotatable bonds is 11. The number of anilines is 1. The normalized spacial score (nSPS) is 15.2. The quantitative estimate of drug-likeness (QED) is 0.108. The largest absolute Gasteiger partial charge is 0.416 e. The molecule has 3 N–H and O–H groups in total. The van der Waals surface area contributed by atoms with Crippen molar-refractivity contribution in [3.8, 4) is 0 Å². The fraction of sp³-hybridized carbons (Fsp3) is 0.483. The molecule has 0 saturated carbocycles. The maximum absolute atomic E-state index is 12.7. The van der Waals surface area contributed by atoms with Crippen LogP contribution in [0.5, 0.6) is 0 Å². The smallest absolute Gasteiger partial charge is 0.391 e. The van der Waals surface area contributed by atoms with E-state index in [-0.39, 0.29) is 23.2 Å². The Morgan fingerprint density at radius 3 is 2.36 bits per heavy atom. The number of carbonyl (C=O) groups excluding carboxylic acids is 3. The molecular weight excluding hydrogens is 619 g/mol. The minimum absolute atomic E-state index is 0.0436. The SMILES string of the molecule is C=NCC1=CCOCC1.C=NN(CC(=O)Nc1ccc(C(F)(F)F)cc1Cl)N1CCN(C(=O)CO)CC1.CC/C(=C/C=O)NC. The molecule has 0 spiro atoms. The van der Waals surface area contributed by atoms with Crippen LogP contribution in [0.1, 0.15) is 25.3 Å². The number of alkyl halides is 3. The Morgan fingerprint density at radius 2 is 1.91 bits per heavy atom. The number of allylic oxidation sites excluding steroid dienone is 2. The van der Waals surface area contributed by atoms with Crippen molar-refractivity contribution in [2.45, 2.75) is 25.9 Å². The number of hydrazine groups is 1. The van der Waals surface area contributed by atoms with E-state index in [1.165, 1.54) is 21.7 Å². The number of nitrogens with one attached hydrogen (secondary N) is 2. The molecule has 45 heavy (non-hydrogen) atoms. The van der Waals surface area contributed by atoms with Gasteiger partial charge >= 0.3 is 6.18 Å². The van der Waals surface area contributed by atoms with Crippen molar-refractivity contribution in [2.24, 2.45) is 10.1 Å². The zero-order valence-electron chi connectivity index (χ0n) is 25.5. The first-order valence-corrected chi connectivity index (χ1v) is 14.4. The van der Waals surface area contributed by atoms with E-state index >= 15 is 0 Å². The highest BCUT2D eigenvalue weighted by Crippen LogP contribution is 2.33. The monoisotopic (exact) mass is 659 g/mol. The number of piperazine rings is 1. The van der Waals surface area contributed by atoms with E-state index in [4.69, 9.17) is 21.4 Å². The Morgan fingerprint density at radius 1 is 1.22 bits per heavy atom. The Kier molecular flexibility index (Phi) is 18.3. The van der Waals surface area contributed by atoms with E-state index in [1.54, 1.807) is 12.1 Å². The Bertz CT molecular complexity index is 1180. The molecule has 0 aliphatic carbocycles. The van der Waals surface area contributed by atoms with Gasteiger partial charge in [0.2, 0.25) is 11.8 Å². The van der Waals surface area contributed by atoms with Gasteiger partial charge in [0.15, 0.2) is 0 Å². The highest BCUT2D eigenvalue weighted by atomic mass is 35.5. The minimum Gasteiger partial charge on any atom is -0.391 e. The molecule has 12 nitrogen and oxygen atoms in total. The summed E-state index contributed by atoms with van der Waals surface area (Å²) in [7, 11) is 1.80. The van der Waals surface area contributed by atoms with Gasteiger partial charge in [-0.15, -0.1) is 0 Å². The van der Waals surface area contributed by atoms with Gasteiger partial charge in [-0.1, -0.05) is 24.6 Å². The maximum atomic E-state index is 12.7. The first-order valence-electron chi connectivity index (χ1n) is 14.0. The summed E-state index contributed by atoms with van der Waals surface area (Å²) in [4.78, 5) is 38.8. The molecule has 2 aliphatic rings. The lowest BCUT2D eigenvalue weighted by molar-refractivity contribution is -0.141. The van der Waals surface area contributed by atoms with Crippen molar-refractivity contribution in [1.82, 2.24) is 20.3 Å². The second kappa shape index (κ2) is 21.0. The maximum Gasteiger partial charge on any atom is 0.416 e. The number of ether oxygens (including phenoxy) is 1. The Hall–Kier alpha value is -3.79. The number of halogens is 4. The van der Waals surface area contributed by atoms with Crippen LogP contribution in [-0.4, -0.2) is 118 Å². The number of benzene rings is 1. The molecule has 1 saturated heterocycles. The molecule has 3 rings (SSSR count). The van der Waals surface area contributed by atoms with Crippen LogP contribution in [0, 0.1) is 0 Å². The highest BCUT2D eigenvalue weighted by molar-refractivity contribution is 6.33. The van der Waals surface area contributed by atoms with Gasteiger partial charge in [-0.3, -0.25) is 19.4 Å². The Balaban J connectivity index is 0.000000483. The molecular formula is C29H41ClF3N7O5. The molecule has 0 aromatic heterocycles. The molecule has 250 valence electrons. The fourth-order valence-electron chi connectivity index (χ4n) is 3.94. The topological polar surface area (TPSA) is 139 Å². The van der Waals surface area contributed by atoms with E-state index in [9.17, 15) is 27.6 Å². The van der Waals surface area contributed by atoms with E-state index in [0.29, 0.717) is 26.2 Å². The summed E-state index contributed by atoms with van der Waals surface area (Å²) in [6, 6.07) is 2.63. The number of nitrogens with zero attached hydrogens (tertiary/aromatic N) is 5.